The Hall–Kier alpha value is -0.950. The topological polar surface area (TPSA) is 20.2 Å². The van der Waals surface area contributed by atoms with Crippen LogP contribution in [0.2, 0.25) is 0 Å². The Labute approximate surface area is 90.0 Å². The molecule has 76 valence electrons. The molecule has 1 rings (SSSR count). The van der Waals surface area contributed by atoms with Crippen molar-refractivity contribution < 1.29 is 5.11 Å². The van der Waals surface area contributed by atoms with Crippen LogP contribution in [-0.4, -0.2) is 11.0 Å². The van der Waals surface area contributed by atoms with Gasteiger partial charge in [0, 0.05) is 5.88 Å². The van der Waals surface area contributed by atoms with E-state index in [4.69, 9.17) is 11.6 Å². The second-order valence-electron chi connectivity index (χ2n) is 3.38. The molecule has 14 heavy (non-hydrogen) atoms. The quantitative estimate of drug-likeness (QED) is 0.756. The third-order valence-corrected chi connectivity index (χ3v) is 2.32. The Morgan fingerprint density at radius 1 is 1.29 bits per heavy atom. The highest BCUT2D eigenvalue weighted by molar-refractivity contribution is 6.17. The number of halogens is 1. The summed E-state index contributed by atoms with van der Waals surface area (Å²) in [6.07, 6.45) is 4.95. The molecule has 1 N–H and O–H groups in total. The Morgan fingerprint density at radius 2 is 1.86 bits per heavy atom. The zero-order valence-corrected chi connectivity index (χ0v) is 9.30. The average molecular weight is 211 g/mol. The van der Waals surface area contributed by atoms with Crippen LogP contribution in [0.5, 0.6) is 5.75 Å². The summed E-state index contributed by atoms with van der Waals surface area (Å²) in [4.78, 5) is 0. The number of aromatic hydroxyl groups is 1. The number of benzene rings is 1. The van der Waals surface area contributed by atoms with Crippen molar-refractivity contribution in [2.75, 3.05) is 5.88 Å². The van der Waals surface area contributed by atoms with Crippen molar-refractivity contribution in [3.8, 4) is 5.75 Å². The molecule has 0 unspecified atom stereocenters. The first-order valence-electron chi connectivity index (χ1n) is 4.68. The fourth-order valence-corrected chi connectivity index (χ4v) is 1.49. The van der Waals surface area contributed by atoms with Gasteiger partial charge in [-0.15, -0.1) is 11.6 Å². The Morgan fingerprint density at radius 3 is 2.36 bits per heavy atom. The Bertz CT molecular complexity index is 319. The van der Waals surface area contributed by atoms with Gasteiger partial charge >= 0.3 is 0 Å². The van der Waals surface area contributed by atoms with E-state index in [0.29, 0.717) is 11.6 Å². The van der Waals surface area contributed by atoms with E-state index in [1.165, 1.54) is 0 Å². The minimum Gasteiger partial charge on any atom is -0.507 e. The lowest BCUT2D eigenvalue weighted by Gasteiger charge is -2.04. The summed E-state index contributed by atoms with van der Waals surface area (Å²) in [5.74, 6) is 1.03. The van der Waals surface area contributed by atoms with Gasteiger partial charge in [-0.3, -0.25) is 0 Å². The molecule has 0 aliphatic heterocycles. The summed E-state index contributed by atoms with van der Waals surface area (Å²) in [5.41, 5.74) is 2.94. The molecule has 1 aromatic rings. The highest BCUT2D eigenvalue weighted by atomic mass is 35.5. The van der Waals surface area contributed by atoms with E-state index >= 15 is 0 Å². The summed E-state index contributed by atoms with van der Waals surface area (Å²) < 4.78 is 0. The maximum Gasteiger partial charge on any atom is 0.121 e. The average Bonchev–Trinajstić information content (AvgIpc) is 2.14. The third kappa shape index (κ3) is 2.78. The lowest BCUT2D eigenvalue weighted by Crippen LogP contribution is -1.83. The van der Waals surface area contributed by atoms with Crippen molar-refractivity contribution in [1.82, 2.24) is 0 Å². The molecule has 0 radical (unpaired) electrons. The molecule has 0 aliphatic rings. The third-order valence-electron chi connectivity index (χ3n) is 2.10. The molecule has 0 aromatic heterocycles. The van der Waals surface area contributed by atoms with E-state index in [1.54, 1.807) is 0 Å². The first kappa shape index (κ1) is 11.1. The smallest absolute Gasteiger partial charge is 0.121 e. The number of hydrogen-bond acceptors (Lipinski definition) is 1. The number of phenolic OH excluding ortho intramolecular Hbond substituents is 1. The van der Waals surface area contributed by atoms with Crippen molar-refractivity contribution in [1.29, 1.82) is 0 Å². The fourth-order valence-electron chi connectivity index (χ4n) is 1.37. The van der Waals surface area contributed by atoms with Crippen LogP contribution in [0.3, 0.4) is 0 Å². The number of alkyl halides is 1. The van der Waals surface area contributed by atoms with Crippen LogP contribution in [0.1, 0.15) is 23.1 Å². The normalized spacial score (nSPS) is 11.1. The monoisotopic (exact) mass is 210 g/mol. The molecule has 0 spiro atoms. The van der Waals surface area contributed by atoms with Crippen molar-refractivity contribution >= 4 is 17.7 Å². The summed E-state index contributed by atoms with van der Waals surface area (Å²) in [7, 11) is 0. The van der Waals surface area contributed by atoms with Crippen LogP contribution in [0.25, 0.3) is 6.08 Å². The maximum atomic E-state index is 9.56. The van der Waals surface area contributed by atoms with Gasteiger partial charge in [-0.25, -0.2) is 0 Å². The molecule has 0 aliphatic carbocycles. The van der Waals surface area contributed by atoms with Crippen LogP contribution >= 0.6 is 11.6 Å². The van der Waals surface area contributed by atoms with Crippen molar-refractivity contribution in [3.05, 3.63) is 34.9 Å². The van der Waals surface area contributed by atoms with Gasteiger partial charge < -0.3 is 5.11 Å². The van der Waals surface area contributed by atoms with Gasteiger partial charge in [0.1, 0.15) is 5.75 Å². The number of allylic oxidation sites excluding steroid dienone is 1. The first-order valence-corrected chi connectivity index (χ1v) is 5.21. The number of hydrogen-bond donors (Lipinski definition) is 1. The van der Waals surface area contributed by atoms with Crippen molar-refractivity contribution in [2.24, 2.45) is 0 Å². The molecular formula is C12H15ClO. The second-order valence-corrected chi connectivity index (χ2v) is 3.76. The lowest BCUT2D eigenvalue weighted by atomic mass is 10.1. The van der Waals surface area contributed by atoms with Crippen LogP contribution in [0.15, 0.2) is 18.2 Å². The highest BCUT2D eigenvalue weighted by Crippen LogP contribution is 2.23. The van der Waals surface area contributed by atoms with Gasteiger partial charge in [-0.2, -0.15) is 0 Å². The van der Waals surface area contributed by atoms with E-state index in [9.17, 15) is 5.11 Å². The number of phenols is 1. The molecule has 0 fully saturated rings. The van der Waals surface area contributed by atoms with Crippen LogP contribution < -0.4 is 0 Å². The SMILES string of the molecule is Cc1cc(C=CCCCl)cc(C)c1O. The molecule has 0 heterocycles. The molecule has 0 bridgehead atoms. The molecule has 0 saturated heterocycles. The summed E-state index contributed by atoms with van der Waals surface area (Å²) in [6.45, 7) is 3.81. The van der Waals surface area contributed by atoms with Crippen molar-refractivity contribution in [3.63, 3.8) is 0 Å². The van der Waals surface area contributed by atoms with E-state index in [-0.39, 0.29) is 0 Å². The molecule has 1 aromatic carbocycles. The van der Waals surface area contributed by atoms with Gasteiger partial charge in [-0.05, 0) is 49.1 Å². The minimum absolute atomic E-state index is 0.388. The van der Waals surface area contributed by atoms with Gasteiger partial charge in [0.15, 0.2) is 0 Å². The molecule has 0 amide bonds. The van der Waals surface area contributed by atoms with Crippen LogP contribution in [-0.2, 0) is 0 Å². The number of rotatable bonds is 3. The van der Waals surface area contributed by atoms with E-state index in [0.717, 1.165) is 23.1 Å². The molecular weight excluding hydrogens is 196 g/mol. The van der Waals surface area contributed by atoms with E-state index in [1.807, 2.05) is 38.1 Å². The predicted molar refractivity (Wildman–Crippen MR) is 62.0 cm³/mol. The lowest BCUT2D eigenvalue weighted by molar-refractivity contribution is 0.467. The summed E-state index contributed by atoms with van der Waals surface area (Å²) in [6, 6.07) is 3.93. The summed E-state index contributed by atoms with van der Waals surface area (Å²) in [5, 5.41) is 9.56. The van der Waals surface area contributed by atoms with Gasteiger partial charge in [0.25, 0.3) is 0 Å². The fraction of sp³-hybridized carbons (Fsp3) is 0.333. The van der Waals surface area contributed by atoms with E-state index < -0.39 is 0 Å². The van der Waals surface area contributed by atoms with Crippen molar-refractivity contribution in [2.45, 2.75) is 20.3 Å². The largest absolute Gasteiger partial charge is 0.507 e. The second kappa shape index (κ2) is 5.06. The Balaban J connectivity index is 2.89. The first-order chi connectivity index (χ1) is 6.65. The van der Waals surface area contributed by atoms with Gasteiger partial charge in [-0.1, -0.05) is 12.2 Å². The molecule has 1 nitrogen and oxygen atoms in total. The Kier molecular flexibility index (Phi) is 4.02. The van der Waals surface area contributed by atoms with Gasteiger partial charge in [0.05, 0.1) is 0 Å². The molecule has 0 atom stereocenters. The van der Waals surface area contributed by atoms with Gasteiger partial charge in [0.2, 0.25) is 0 Å². The summed E-state index contributed by atoms with van der Waals surface area (Å²) >= 11 is 5.56. The van der Waals surface area contributed by atoms with Crippen LogP contribution in [0, 0.1) is 13.8 Å². The zero-order chi connectivity index (χ0) is 10.6. The minimum atomic E-state index is 0.388. The standard InChI is InChI=1S/C12H15ClO/c1-9-7-11(5-3-4-6-13)8-10(2)12(9)14/h3,5,7-8,14H,4,6H2,1-2H3. The van der Waals surface area contributed by atoms with Crippen LogP contribution in [0.4, 0.5) is 0 Å². The molecule has 0 saturated carbocycles. The highest BCUT2D eigenvalue weighted by Gasteiger charge is 2.00. The maximum absolute atomic E-state index is 9.56. The predicted octanol–water partition coefficient (Wildman–Crippen LogP) is 3.65. The zero-order valence-electron chi connectivity index (χ0n) is 8.55. The molecule has 2 heteroatoms. The number of aryl methyl sites for hydroxylation is 2. The van der Waals surface area contributed by atoms with E-state index in [2.05, 4.69) is 0 Å².